The average Bonchev–Trinajstić information content (AvgIpc) is 3.43. The maximum Gasteiger partial charge on any atom is 0.0577 e. The highest BCUT2D eigenvalue weighted by Crippen LogP contribution is 2.33. The van der Waals surface area contributed by atoms with Gasteiger partial charge in [0.05, 0.1) is 25.4 Å². The summed E-state index contributed by atoms with van der Waals surface area (Å²) >= 11 is 8.57. The Morgan fingerprint density at radius 1 is 0.727 bits per heavy atom. The second-order valence-corrected chi connectivity index (χ2v) is 11.2. The zero-order valence-corrected chi connectivity index (χ0v) is 16.5. The van der Waals surface area contributed by atoms with Crippen molar-refractivity contribution in [2.24, 2.45) is 0 Å². The fourth-order valence-corrected chi connectivity index (χ4v) is 7.84. The number of hydrogen-bond acceptors (Lipinski definition) is 6. The molecule has 0 radical (unpaired) electrons. The second-order valence-electron chi connectivity index (χ2n) is 6.20. The van der Waals surface area contributed by atoms with Crippen LogP contribution in [0.2, 0.25) is 0 Å². The van der Waals surface area contributed by atoms with Gasteiger partial charge in [-0.05, 0) is 25.7 Å². The van der Waals surface area contributed by atoms with Crippen LogP contribution in [0.3, 0.4) is 0 Å². The van der Waals surface area contributed by atoms with Gasteiger partial charge in [0.15, 0.2) is 0 Å². The van der Waals surface area contributed by atoms with Crippen LogP contribution in [-0.2, 0) is 9.47 Å². The van der Waals surface area contributed by atoms with Gasteiger partial charge >= 0.3 is 0 Å². The molecule has 0 aromatic rings. The standard InChI is InChI=1S/C16H28O2S4/c1-2-13(1)17-5-7-19-9-15-11-22-16(12-21-15)10-20-8-6-18-14-3-4-14/h13-16H,1-12H2. The lowest BCUT2D eigenvalue weighted by atomic mass is 10.5. The number of rotatable bonds is 12. The van der Waals surface area contributed by atoms with E-state index < -0.39 is 0 Å². The van der Waals surface area contributed by atoms with Crippen molar-refractivity contribution in [1.29, 1.82) is 0 Å². The number of thioether (sulfide) groups is 4. The fourth-order valence-electron chi connectivity index (χ4n) is 2.22. The van der Waals surface area contributed by atoms with E-state index in [-0.39, 0.29) is 0 Å². The predicted octanol–water partition coefficient (Wildman–Crippen LogP) is 4.03. The van der Waals surface area contributed by atoms with Crippen LogP contribution in [0.5, 0.6) is 0 Å². The van der Waals surface area contributed by atoms with Crippen molar-refractivity contribution in [3.63, 3.8) is 0 Å². The third kappa shape index (κ3) is 7.93. The highest BCUT2D eigenvalue weighted by molar-refractivity contribution is 8.09. The molecule has 1 saturated heterocycles. The largest absolute Gasteiger partial charge is 0.377 e. The first-order valence-corrected chi connectivity index (χ1v) is 12.9. The molecule has 1 aliphatic heterocycles. The van der Waals surface area contributed by atoms with Crippen molar-refractivity contribution >= 4 is 47.0 Å². The molecule has 22 heavy (non-hydrogen) atoms. The Morgan fingerprint density at radius 2 is 1.18 bits per heavy atom. The van der Waals surface area contributed by atoms with Gasteiger partial charge in [-0.25, -0.2) is 0 Å². The minimum atomic E-state index is 0.619. The monoisotopic (exact) mass is 380 g/mol. The molecule has 0 amide bonds. The van der Waals surface area contributed by atoms with Crippen LogP contribution >= 0.6 is 47.0 Å². The van der Waals surface area contributed by atoms with Crippen molar-refractivity contribution < 1.29 is 9.47 Å². The van der Waals surface area contributed by atoms with Gasteiger partial charge in [0.1, 0.15) is 0 Å². The van der Waals surface area contributed by atoms with E-state index in [0.717, 1.165) is 23.7 Å². The van der Waals surface area contributed by atoms with Crippen LogP contribution in [-0.4, -0.2) is 70.4 Å². The smallest absolute Gasteiger partial charge is 0.0577 e. The molecule has 3 aliphatic rings. The molecule has 0 bridgehead atoms. The first-order chi connectivity index (χ1) is 10.9. The Balaban J connectivity index is 1.11. The van der Waals surface area contributed by atoms with Gasteiger partial charge in [-0.1, -0.05) is 0 Å². The Morgan fingerprint density at radius 3 is 1.55 bits per heavy atom. The molecule has 2 aliphatic carbocycles. The van der Waals surface area contributed by atoms with Crippen LogP contribution in [0.1, 0.15) is 25.7 Å². The van der Waals surface area contributed by atoms with E-state index in [1.165, 1.54) is 60.2 Å². The zero-order chi connectivity index (χ0) is 15.0. The molecule has 128 valence electrons. The molecule has 2 saturated carbocycles. The normalized spacial score (nSPS) is 28.9. The van der Waals surface area contributed by atoms with Crippen LogP contribution in [0.15, 0.2) is 0 Å². The van der Waals surface area contributed by atoms with Gasteiger partial charge in [0, 0.05) is 45.0 Å². The summed E-state index contributed by atoms with van der Waals surface area (Å²) < 4.78 is 11.4. The van der Waals surface area contributed by atoms with Crippen molar-refractivity contribution in [2.45, 2.75) is 48.4 Å². The maximum atomic E-state index is 5.70. The van der Waals surface area contributed by atoms with E-state index in [1.807, 2.05) is 0 Å². The highest BCUT2D eigenvalue weighted by atomic mass is 32.2. The Kier molecular flexibility index (Phi) is 8.52. The molecule has 1 heterocycles. The topological polar surface area (TPSA) is 18.5 Å². The molecule has 3 rings (SSSR count). The van der Waals surface area contributed by atoms with E-state index in [2.05, 4.69) is 47.0 Å². The molecule has 2 nitrogen and oxygen atoms in total. The Hall–Kier alpha value is 1.32. The quantitative estimate of drug-likeness (QED) is 0.473. The molecular weight excluding hydrogens is 352 g/mol. The van der Waals surface area contributed by atoms with Crippen molar-refractivity contribution in [2.75, 3.05) is 47.7 Å². The zero-order valence-electron chi connectivity index (χ0n) is 13.2. The van der Waals surface area contributed by atoms with Crippen molar-refractivity contribution in [3.05, 3.63) is 0 Å². The first-order valence-electron chi connectivity index (χ1n) is 8.52. The van der Waals surface area contributed by atoms with Gasteiger partial charge in [-0.2, -0.15) is 47.0 Å². The third-order valence-corrected chi connectivity index (χ3v) is 9.68. The molecule has 6 heteroatoms. The molecule has 2 atom stereocenters. The average molecular weight is 381 g/mol. The highest BCUT2D eigenvalue weighted by Gasteiger charge is 2.24. The van der Waals surface area contributed by atoms with Crippen LogP contribution in [0.25, 0.3) is 0 Å². The third-order valence-electron chi connectivity index (χ3n) is 3.85. The van der Waals surface area contributed by atoms with Gasteiger partial charge in [-0.3, -0.25) is 0 Å². The van der Waals surface area contributed by atoms with Crippen LogP contribution in [0, 0.1) is 0 Å². The van der Waals surface area contributed by atoms with E-state index >= 15 is 0 Å². The minimum Gasteiger partial charge on any atom is -0.377 e. The summed E-state index contributed by atoms with van der Waals surface area (Å²) in [5, 5.41) is 1.71. The Bertz CT molecular complexity index is 273. The summed E-state index contributed by atoms with van der Waals surface area (Å²) in [5.74, 6) is 7.65. The summed E-state index contributed by atoms with van der Waals surface area (Å²) in [4.78, 5) is 0. The summed E-state index contributed by atoms with van der Waals surface area (Å²) in [7, 11) is 0. The minimum absolute atomic E-state index is 0.619. The van der Waals surface area contributed by atoms with Gasteiger partial charge in [0.2, 0.25) is 0 Å². The molecule has 0 aromatic carbocycles. The van der Waals surface area contributed by atoms with Gasteiger partial charge in [-0.15, -0.1) is 0 Å². The van der Waals surface area contributed by atoms with Gasteiger partial charge in [0.25, 0.3) is 0 Å². The first kappa shape index (κ1) is 18.1. The molecule has 2 unspecified atom stereocenters. The molecule has 0 aromatic heterocycles. The lowest BCUT2D eigenvalue weighted by Gasteiger charge is -2.27. The molecule has 0 spiro atoms. The van der Waals surface area contributed by atoms with Crippen LogP contribution < -0.4 is 0 Å². The molecular formula is C16H28O2S4. The molecule has 3 fully saturated rings. The maximum absolute atomic E-state index is 5.70. The lowest BCUT2D eigenvalue weighted by molar-refractivity contribution is 0.135. The predicted molar refractivity (Wildman–Crippen MR) is 105 cm³/mol. The van der Waals surface area contributed by atoms with Gasteiger partial charge < -0.3 is 9.47 Å². The summed E-state index contributed by atoms with van der Waals surface area (Å²) in [6, 6.07) is 0. The van der Waals surface area contributed by atoms with Crippen molar-refractivity contribution in [3.8, 4) is 0 Å². The summed E-state index contributed by atoms with van der Waals surface area (Å²) in [6.45, 7) is 1.92. The molecule has 0 N–H and O–H groups in total. The van der Waals surface area contributed by atoms with E-state index in [9.17, 15) is 0 Å². The number of ether oxygens (including phenoxy) is 2. The summed E-state index contributed by atoms with van der Waals surface area (Å²) in [6.07, 6.45) is 6.43. The SMILES string of the molecule is C(CSCC1CSC(CSCCOC2CC2)CS1)OC1CC1. The van der Waals surface area contributed by atoms with Crippen molar-refractivity contribution in [1.82, 2.24) is 0 Å². The van der Waals surface area contributed by atoms with Crippen LogP contribution in [0.4, 0.5) is 0 Å². The second kappa shape index (κ2) is 10.3. The Labute approximate surface area is 152 Å². The number of hydrogen-bond donors (Lipinski definition) is 0. The lowest BCUT2D eigenvalue weighted by Crippen LogP contribution is -2.25. The van der Waals surface area contributed by atoms with E-state index in [4.69, 9.17) is 9.47 Å². The fraction of sp³-hybridized carbons (Fsp3) is 1.00. The van der Waals surface area contributed by atoms with E-state index in [1.54, 1.807) is 0 Å². The summed E-state index contributed by atoms with van der Waals surface area (Å²) in [5.41, 5.74) is 0. The van der Waals surface area contributed by atoms with E-state index in [0.29, 0.717) is 12.2 Å².